The van der Waals surface area contributed by atoms with E-state index in [0.29, 0.717) is 22.6 Å². The van der Waals surface area contributed by atoms with Crippen LogP contribution < -0.4 is 9.47 Å². The molecule has 2 aromatic rings. The molecule has 2 heterocycles. The van der Waals surface area contributed by atoms with Gasteiger partial charge in [0.15, 0.2) is 23.1 Å². The van der Waals surface area contributed by atoms with Crippen molar-refractivity contribution in [3.8, 4) is 11.5 Å². The first-order chi connectivity index (χ1) is 9.63. The summed E-state index contributed by atoms with van der Waals surface area (Å²) in [4.78, 5) is 24.0. The Morgan fingerprint density at radius 2 is 1.95 bits per heavy atom. The van der Waals surface area contributed by atoms with Gasteiger partial charge in [0.2, 0.25) is 6.79 Å². The number of Topliss-reactive ketones (excluding diaryl/α,β-unsaturated/α-hetero) is 2. The topological polar surface area (TPSA) is 70.4 Å². The van der Waals surface area contributed by atoms with Gasteiger partial charge in [-0.25, -0.2) is 0 Å². The van der Waals surface area contributed by atoms with Gasteiger partial charge in [0.1, 0.15) is 0 Å². The molecule has 0 N–H and O–H groups in total. The van der Waals surface area contributed by atoms with Crippen LogP contribution in [0.3, 0.4) is 0 Å². The van der Waals surface area contributed by atoms with Crippen molar-refractivity contribution in [1.82, 2.24) is 9.78 Å². The second-order valence-corrected chi connectivity index (χ2v) is 4.49. The Hall–Kier alpha value is -2.63. The van der Waals surface area contributed by atoms with Crippen molar-refractivity contribution in [2.24, 2.45) is 7.05 Å². The van der Waals surface area contributed by atoms with Crippen LogP contribution in [0.2, 0.25) is 0 Å². The number of carbonyl (C=O) groups excluding carboxylic acids is 2. The average Bonchev–Trinajstić information content (AvgIpc) is 3.05. The van der Waals surface area contributed by atoms with Crippen molar-refractivity contribution in [2.75, 3.05) is 6.79 Å². The molecule has 0 unspecified atom stereocenters. The molecular weight excluding hydrogens is 260 g/mol. The number of benzene rings is 1. The van der Waals surface area contributed by atoms with Crippen LogP contribution in [-0.2, 0) is 7.05 Å². The SMILES string of the molecule is Cn1cc(C(=O)CC(=O)c2ccc3c(c2)OCO3)cn1. The minimum atomic E-state index is -0.253. The molecule has 0 saturated heterocycles. The molecule has 0 aliphatic carbocycles. The molecule has 1 aliphatic rings. The largest absolute Gasteiger partial charge is 0.454 e. The van der Waals surface area contributed by atoms with Crippen molar-refractivity contribution >= 4 is 11.6 Å². The van der Waals surface area contributed by atoms with Crippen molar-refractivity contribution in [2.45, 2.75) is 6.42 Å². The van der Waals surface area contributed by atoms with Crippen molar-refractivity contribution < 1.29 is 19.1 Å². The maximum atomic E-state index is 12.1. The minimum Gasteiger partial charge on any atom is -0.454 e. The first-order valence-corrected chi connectivity index (χ1v) is 6.08. The summed E-state index contributed by atoms with van der Waals surface area (Å²) in [5.74, 6) is 0.641. The van der Waals surface area contributed by atoms with E-state index < -0.39 is 0 Å². The standard InChI is InChI=1S/C14H12N2O4/c1-16-7-10(6-15-16)12(18)5-11(17)9-2-3-13-14(4-9)20-8-19-13/h2-4,6-7H,5,8H2,1H3. The lowest BCUT2D eigenvalue weighted by molar-refractivity contribution is 0.0894. The second kappa shape index (κ2) is 4.80. The highest BCUT2D eigenvalue weighted by Crippen LogP contribution is 2.32. The summed E-state index contributed by atoms with van der Waals surface area (Å²) < 4.78 is 11.9. The van der Waals surface area contributed by atoms with E-state index in [1.54, 1.807) is 31.4 Å². The van der Waals surface area contributed by atoms with Crippen LogP contribution in [0.5, 0.6) is 11.5 Å². The zero-order chi connectivity index (χ0) is 14.1. The Morgan fingerprint density at radius 1 is 1.20 bits per heavy atom. The summed E-state index contributed by atoms with van der Waals surface area (Å²) in [6.45, 7) is 0.154. The summed E-state index contributed by atoms with van der Waals surface area (Å²) in [5, 5.41) is 3.91. The number of hydrogen-bond acceptors (Lipinski definition) is 5. The van der Waals surface area contributed by atoms with Gasteiger partial charge in [0.25, 0.3) is 0 Å². The quantitative estimate of drug-likeness (QED) is 0.624. The molecule has 0 bridgehead atoms. The van der Waals surface area contributed by atoms with E-state index in [1.165, 1.54) is 10.9 Å². The van der Waals surface area contributed by atoms with E-state index in [4.69, 9.17) is 9.47 Å². The van der Waals surface area contributed by atoms with Gasteiger partial charge in [-0.2, -0.15) is 5.10 Å². The lowest BCUT2D eigenvalue weighted by Crippen LogP contribution is -2.08. The lowest BCUT2D eigenvalue weighted by atomic mass is 10.0. The molecule has 0 atom stereocenters. The summed E-state index contributed by atoms with van der Waals surface area (Å²) in [5.41, 5.74) is 0.869. The molecule has 0 spiro atoms. The molecule has 0 radical (unpaired) electrons. The molecule has 1 aromatic carbocycles. The van der Waals surface area contributed by atoms with E-state index in [0.717, 1.165) is 0 Å². The van der Waals surface area contributed by atoms with Gasteiger partial charge in [0.05, 0.1) is 18.2 Å². The highest BCUT2D eigenvalue weighted by atomic mass is 16.7. The molecular formula is C14H12N2O4. The van der Waals surface area contributed by atoms with Gasteiger partial charge in [-0.05, 0) is 18.2 Å². The summed E-state index contributed by atoms with van der Waals surface area (Å²) in [6.07, 6.45) is 2.86. The Balaban J connectivity index is 1.75. The predicted molar refractivity (Wildman–Crippen MR) is 69.1 cm³/mol. The fourth-order valence-corrected chi connectivity index (χ4v) is 1.99. The first kappa shape index (κ1) is 12.4. The number of nitrogens with zero attached hydrogens (tertiary/aromatic N) is 2. The number of aromatic nitrogens is 2. The third-order valence-electron chi connectivity index (χ3n) is 3.04. The Kier molecular flexibility index (Phi) is 2.98. The Morgan fingerprint density at radius 3 is 2.70 bits per heavy atom. The Bertz CT molecular complexity index is 690. The van der Waals surface area contributed by atoms with Crippen LogP contribution in [0.25, 0.3) is 0 Å². The van der Waals surface area contributed by atoms with Crippen LogP contribution in [-0.4, -0.2) is 28.1 Å². The van der Waals surface area contributed by atoms with Gasteiger partial charge in [-0.3, -0.25) is 14.3 Å². The van der Waals surface area contributed by atoms with Crippen LogP contribution in [0.15, 0.2) is 30.6 Å². The number of carbonyl (C=O) groups is 2. The minimum absolute atomic E-state index is 0.154. The number of hydrogen-bond donors (Lipinski definition) is 0. The van der Waals surface area contributed by atoms with Gasteiger partial charge in [0, 0.05) is 18.8 Å². The molecule has 0 saturated carbocycles. The highest BCUT2D eigenvalue weighted by Gasteiger charge is 2.19. The van der Waals surface area contributed by atoms with E-state index >= 15 is 0 Å². The maximum Gasteiger partial charge on any atom is 0.231 e. The zero-order valence-corrected chi connectivity index (χ0v) is 10.8. The fraction of sp³-hybridized carbons (Fsp3) is 0.214. The molecule has 102 valence electrons. The summed E-state index contributed by atoms with van der Waals surface area (Å²) in [6, 6.07) is 4.90. The van der Waals surface area contributed by atoms with Crippen LogP contribution in [0, 0.1) is 0 Å². The molecule has 20 heavy (non-hydrogen) atoms. The fourth-order valence-electron chi connectivity index (χ4n) is 1.99. The van der Waals surface area contributed by atoms with Gasteiger partial charge < -0.3 is 9.47 Å². The van der Waals surface area contributed by atoms with Crippen molar-refractivity contribution in [3.05, 3.63) is 41.7 Å². The second-order valence-electron chi connectivity index (χ2n) is 4.49. The van der Waals surface area contributed by atoms with E-state index in [9.17, 15) is 9.59 Å². The average molecular weight is 272 g/mol. The third-order valence-corrected chi connectivity index (χ3v) is 3.04. The lowest BCUT2D eigenvalue weighted by Gasteiger charge is -2.01. The van der Waals surface area contributed by atoms with E-state index in [1.807, 2.05) is 0 Å². The van der Waals surface area contributed by atoms with Crippen LogP contribution in [0.4, 0.5) is 0 Å². The van der Waals surface area contributed by atoms with Gasteiger partial charge in [-0.15, -0.1) is 0 Å². The van der Waals surface area contributed by atoms with E-state index in [-0.39, 0.29) is 24.8 Å². The molecule has 6 heteroatoms. The van der Waals surface area contributed by atoms with Crippen molar-refractivity contribution in [3.63, 3.8) is 0 Å². The molecule has 1 aromatic heterocycles. The number of fused-ring (bicyclic) bond motifs is 1. The van der Waals surface area contributed by atoms with Crippen LogP contribution in [0.1, 0.15) is 27.1 Å². The zero-order valence-electron chi connectivity index (χ0n) is 10.8. The van der Waals surface area contributed by atoms with Gasteiger partial charge in [-0.1, -0.05) is 0 Å². The van der Waals surface area contributed by atoms with E-state index in [2.05, 4.69) is 5.10 Å². The predicted octanol–water partition coefficient (Wildman–Crippen LogP) is 1.60. The smallest absolute Gasteiger partial charge is 0.231 e. The molecule has 3 rings (SSSR count). The first-order valence-electron chi connectivity index (χ1n) is 6.08. The Labute approximate surface area is 114 Å². The molecule has 0 amide bonds. The highest BCUT2D eigenvalue weighted by molar-refractivity contribution is 6.13. The third kappa shape index (κ3) is 2.27. The van der Waals surface area contributed by atoms with Crippen molar-refractivity contribution in [1.29, 1.82) is 0 Å². The molecule has 6 nitrogen and oxygen atoms in total. The molecule has 1 aliphatic heterocycles. The van der Waals surface area contributed by atoms with Crippen LogP contribution >= 0.6 is 0 Å². The number of ether oxygens (including phenoxy) is 2. The maximum absolute atomic E-state index is 12.1. The number of aryl methyl sites for hydroxylation is 1. The normalized spacial score (nSPS) is 12.4. The number of rotatable bonds is 4. The molecule has 0 fully saturated rings. The summed E-state index contributed by atoms with van der Waals surface area (Å²) >= 11 is 0. The monoisotopic (exact) mass is 272 g/mol. The number of ketones is 2. The summed E-state index contributed by atoms with van der Waals surface area (Å²) in [7, 11) is 1.72. The van der Waals surface area contributed by atoms with Gasteiger partial charge >= 0.3 is 0 Å².